The fourth-order valence-electron chi connectivity index (χ4n) is 3.09. The third kappa shape index (κ3) is 5.66. The Morgan fingerprint density at radius 2 is 1.67 bits per heavy atom. The van der Waals surface area contributed by atoms with E-state index >= 15 is 0 Å². The normalized spacial score (nSPS) is 10.6. The van der Waals surface area contributed by atoms with Gasteiger partial charge < -0.3 is 14.8 Å². The van der Waals surface area contributed by atoms with Gasteiger partial charge in [-0.25, -0.2) is 0 Å². The number of nitrogens with one attached hydrogen (secondary N) is 1. The van der Waals surface area contributed by atoms with Gasteiger partial charge in [-0.3, -0.25) is 9.36 Å². The minimum Gasteiger partial charge on any atom is -0.495 e. The fraction of sp³-hybridized carbons (Fsp3) is 0.125. The third-order valence-electron chi connectivity index (χ3n) is 4.62. The highest BCUT2D eigenvalue weighted by Gasteiger charge is 2.17. The molecule has 0 atom stereocenters. The standard InChI is InChI=1S/C24H21ClN4O3S/c1-31-21-14-8-6-12-19(21)26-23(30)16-33-24-28-27-22(29(24)17-9-3-2-4-10-17)15-32-20-13-7-5-11-18(20)25/h2-14H,15-16H2,1H3,(H,26,30). The average Bonchev–Trinajstić information content (AvgIpc) is 3.26. The Hall–Kier alpha value is -3.49. The van der Waals surface area contributed by atoms with Crippen molar-refractivity contribution in [2.45, 2.75) is 11.8 Å². The van der Waals surface area contributed by atoms with Gasteiger partial charge in [-0.2, -0.15) is 0 Å². The highest BCUT2D eigenvalue weighted by molar-refractivity contribution is 7.99. The minimum atomic E-state index is -0.180. The number of amides is 1. The lowest BCUT2D eigenvalue weighted by molar-refractivity contribution is -0.113. The topological polar surface area (TPSA) is 78.3 Å². The molecule has 1 heterocycles. The first-order valence-electron chi connectivity index (χ1n) is 10.1. The Morgan fingerprint density at radius 1 is 0.970 bits per heavy atom. The Labute approximate surface area is 200 Å². The van der Waals surface area contributed by atoms with E-state index in [1.54, 1.807) is 31.4 Å². The number of carbonyl (C=O) groups excluding carboxylic acids is 1. The van der Waals surface area contributed by atoms with Crippen molar-refractivity contribution in [2.75, 3.05) is 18.2 Å². The van der Waals surface area contributed by atoms with E-state index in [4.69, 9.17) is 21.1 Å². The van der Waals surface area contributed by atoms with Crippen LogP contribution in [0.5, 0.6) is 11.5 Å². The van der Waals surface area contributed by atoms with Crippen LogP contribution >= 0.6 is 23.4 Å². The van der Waals surface area contributed by atoms with E-state index in [1.165, 1.54) is 11.8 Å². The van der Waals surface area contributed by atoms with Gasteiger partial charge in [-0.05, 0) is 36.4 Å². The van der Waals surface area contributed by atoms with Gasteiger partial charge in [-0.1, -0.05) is 65.8 Å². The number of thioether (sulfide) groups is 1. The monoisotopic (exact) mass is 480 g/mol. The maximum Gasteiger partial charge on any atom is 0.234 e. The van der Waals surface area contributed by atoms with Gasteiger partial charge in [0.25, 0.3) is 0 Å². The van der Waals surface area contributed by atoms with Crippen LogP contribution in [0.1, 0.15) is 5.82 Å². The molecular weight excluding hydrogens is 460 g/mol. The number of nitrogens with zero attached hydrogens (tertiary/aromatic N) is 3. The maximum absolute atomic E-state index is 12.6. The van der Waals surface area contributed by atoms with Crippen LogP contribution in [0.2, 0.25) is 5.02 Å². The summed E-state index contributed by atoms with van der Waals surface area (Å²) in [5.41, 5.74) is 1.48. The molecule has 0 aliphatic heterocycles. The summed E-state index contributed by atoms with van der Waals surface area (Å²) < 4.78 is 13.0. The van der Waals surface area contributed by atoms with Crippen molar-refractivity contribution in [1.82, 2.24) is 14.8 Å². The summed E-state index contributed by atoms with van der Waals surface area (Å²) in [6.45, 7) is 0.166. The van der Waals surface area contributed by atoms with Crippen molar-refractivity contribution < 1.29 is 14.3 Å². The number of benzene rings is 3. The second-order valence-corrected chi connectivity index (χ2v) is 8.18. The lowest BCUT2D eigenvalue weighted by Gasteiger charge is -2.12. The Kier molecular flexibility index (Phi) is 7.49. The van der Waals surface area contributed by atoms with Crippen LogP contribution in [0.3, 0.4) is 0 Å². The first-order chi connectivity index (χ1) is 16.2. The first kappa shape index (κ1) is 22.7. The van der Waals surface area contributed by atoms with Gasteiger partial charge in [-0.15, -0.1) is 10.2 Å². The highest BCUT2D eigenvalue weighted by atomic mass is 35.5. The zero-order chi connectivity index (χ0) is 23.0. The van der Waals surface area contributed by atoms with Gasteiger partial charge in [0.15, 0.2) is 11.0 Å². The molecule has 0 aliphatic carbocycles. The first-order valence-corrected chi connectivity index (χ1v) is 11.4. The molecular formula is C24H21ClN4O3S. The number of ether oxygens (including phenoxy) is 2. The Bertz CT molecular complexity index is 1230. The summed E-state index contributed by atoms with van der Waals surface area (Å²) in [6.07, 6.45) is 0. The van der Waals surface area contributed by atoms with E-state index in [0.717, 1.165) is 5.69 Å². The van der Waals surface area contributed by atoms with Crippen molar-refractivity contribution in [3.05, 3.63) is 89.7 Å². The largest absolute Gasteiger partial charge is 0.495 e. The zero-order valence-electron chi connectivity index (χ0n) is 17.8. The van der Waals surface area contributed by atoms with Crippen molar-refractivity contribution in [2.24, 2.45) is 0 Å². The second-order valence-electron chi connectivity index (χ2n) is 6.83. The maximum atomic E-state index is 12.6. The summed E-state index contributed by atoms with van der Waals surface area (Å²) in [5.74, 6) is 1.72. The average molecular weight is 481 g/mol. The fourth-order valence-corrected chi connectivity index (χ4v) is 4.05. The predicted molar refractivity (Wildman–Crippen MR) is 129 cm³/mol. The number of rotatable bonds is 9. The highest BCUT2D eigenvalue weighted by Crippen LogP contribution is 2.27. The van der Waals surface area contributed by atoms with Crippen LogP contribution in [0.25, 0.3) is 5.69 Å². The second kappa shape index (κ2) is 10.9. The number of hydrogen-bond acceptors (Lipinski definition) is 6. The number of methoxy groups -OCH3 is 1. The Morgan fingerprint density at radius 3 is 2.42 bits per heavy atom. The molecule has 0 radical (unpaired) electrons. The van der Waals surface area contributed by atoms with Crippen LogP contribution in [0.15, 0.2) is 84.0 Å². The van der Waals surface area contributed by atoms with Gasteiger partial charge in [0, 0.05) is 5.69 Å². The smallest absolute Gasteiger partial charge is 0.234 e. The van der Waals surface area contributed by atoms with E-state index in [9.17, 15) is 4.79 Å². The van der Waals surface area contributed by atoms with Gasteiger partial charge >= 0.3 is 0 Å². The van der Waals surface area contributed by atoms with Crippen LogP contribution in [0.4, 0.5) is 5.69 Å². The molecule has 4 rings (SSSR count). The molecule has 0 bridgehead atoms. The zero-order valence-corrected chi connectivity index (χ0v) is 19.3. The SMILES string of the molecule is COc1ccccc1NC(=O)CSc1nnc(COc2ccccc2Cl)n1-c1ccccc1. The number of aromatic nitrogens is 3. The molecule has 9 heteroatoms. The van der Waals surface area contributed by atoms with Gasteiger partial charge in [0.1, 0.15) is 18.1 Å². The molecule has 7 nitrogen and oxygen atoms in total. The number of anilines is 1. The molecule has 3 aromatic carbocycles. The van der Waals surface area contributed by atoms with E-state index in [0.29, 0.717) is 33.2 Å². The molecule has 0 fully saturated rings. The van der Waals surface area contributed by atoms with E-state index in [1.807, 2.05) is 59.2 Å². The molecule has 0 unspecified atom stereocenters. The summed E-state index contributed by atoms with van der Waals surface area (Å²) in [5, 5.41) is 12.6. The molecule has 33 heavy (non-hydrogen) atoms. The molecule has 168 valence electrons. The van der Waals surface area contributed by atoms with Crippen LogP contribution < -0.4 is 14.8 Å². The summed E-state index contributed by atoms with van der Waals surface area (Å²) >= 11 is 7.48. The lowest BCUT2D eigenvalue weighted by Crippen LogP contribution is -2.15. The summed E-state index contributed by atoms with van der Waals surface area (Å²) in [7, 11) is 1.56. The van der Waals surface area contributed by atoms with Crippen molar-refractivity contribution in [3.63, 3.8) is 0 Å². The predicted octanol–water partition coefficient (Wildman–Crippen LogP) is 5.24. The minimum absolute atomic E-state index is 0.147. The third-order valence-corrected chi connectivity index (χ3v) is 5.86. The molecule has 1 N–H and O–H groups in total. The van der Waals surface area contributed by atoms with Crippen LogP contribution in [-0.4, -0.2) is 33.5 Å². The van der Waals surface area contributed by atoms with Crippen molar-refractivity contribution in [3.8, 4) is 17.2 Å². The Balaban J connectivity index is 1.50. The quantitative estimate of drug-likeness (QED) is 0.330. The summed E-state index contributed by atoms with van der Waals surface area (Å²) in [6, 6.07) is 24.2. The molecule has 0 spiro atoms. The van der Waals surface area contributed by atoms with E-state index < -0.39 is 0 Å². The van der Waals surface area contributed by atoms with E-state index in [2.05, 4.69) is 15.5 Å². The molecule has 4 aromatic rings. The van der Waals surface area contributed by atoms with Crippen LogP contribution in [-0.2, 0) is 11.4 Å². The molecule has 0 aliphatic rings. The van der Waals surface area contributed by atoms with E-state index in [-0.39, 0.29) is 18.3 Å². The lowest BCUT2D eigenvalue weighted by atomic mass is 10.3. The molecule has 0 saturated carbocycles. The molecule has 0 saturated heterocycles. The number of hydrogen-bond donors (Lipinski definition) is 1. The van der Waals surface area contributed by atoms with Crippen molar-refractivity contribution >= 4 is 35.0 Å². The number of carbonyl (C=O) groups is 1. The number of halogens is 1. The van der Waals surface area contributed by atoms with Crippen molar-refractivity contribution in [1.29, 1.82) is 0 Å². The van der Waals surface area contributed by atoms with Crippen LogP contribution in [0, 0.1) is 0 Å². The number of para-hydroxylation sites is 4. The van der Waals surface area contributed by atoms with Gasteiger partial charge in [0.05, 0.1) is 23.6 Å². The summed E-state index contributed by atoms with van der Waals surface area (Å²) in [4.78, 5) is 12.6. The van der Waals surface area contributed by atoms with Gasteiger partial charge in [0.2, 0.25) is 5.91 Å². The molecule has 1 aromatic heterocycles. The molecule has 1 amide bonds.